The van der Waals surface area contributed by atoms with Gasteiger partial charge >= 0.3 is 0 Å². The van der Waals surface area contributed by atoms with E-state index in [1.54, 1.807) is 11.3 Å². The minimum Gasteiger partial charge on any atom is -0.306 e. The summed E-state index contributed by atoms with van der Waals surface area (Å²) in [5.74, 6) is 0. The van der Waals surface area contributed by atoms with Crippen LogP contribution < -0.4 is 5.32 Å². The van der Waals surface area contributed by atoms with E-state index < -0.39 is 0 Å². The van der Waals surface area contributed by atoms with Crippen LogP contribution in [0.2, 0.25) is 0 Å². The number of nitrogens with one attached hydrogen (secondary N) is 1. The lowest BCUT2D eigenvalue weighted by Crippen LogP contribution is -2.22. The van der Waals surface area contributed by atoms with Crippen molar-refractivity contribution in [3.8, 4) is 0 Å². The minimum absolute atomic E-state index is 0.244. The van der Waals surface area contributed by atoms with Gasteiger partial charge in [0, 0.05) is 0 Å². The van der Waals surface area contributed by atoms with Crippen LogP contribution in [0.5, 0.6) is 0 Å². The highest BCUT2D eigenvalue weighted by molar-refractivity contribution is 9.12. The summed E-state index contributed by atoms with van der Waals surface area (Å²) in [6, 6.07) is 11.0. The third kappa shape index (κ3) is 3.05. The van der Waals surface area contributed by atoms with E-state index in [-0.39, 0.29) is 6.04 Å². The Balaban J connectivity index is 2.46. The maximum absolute atomic E-state index is 3.66. The standard InChI is InChI=1S/C14H15Br2NS/c1-3-17-13(10-7-5-4-6-9(10)2)11-8-12(15)18-14(11)16/h4-8,13,17H,3H2,1-2H3. The highest BCUT2D eigenvalue weighted by Gasteiger charge is 2.19. The summed E-state index contributed by atoms with van der Waals surface area (Å²) < 4.78 is 2.34. The SMILES string of the molecule is CCNC(c1ccccc1C)c1cc(Br)sc1Br. The Morgan fingerprint density at radius 2 is 1.94 bits per heavy atom. The largest absolute Gasteiger partial charge is 0.306 e. The molecule has 0 spiro atoms. The zero-order valence-corrected chi connectivity index (χ0v) is 14.3. The molecule has 1 unspecified atom stereocenters. The Labute approximate surface area is 129 Å². The van der Waals surface area contributed by atoms with Crippen LogP contribution >= 0.6 is 43.2 Å². The molecule has 0 saturated carbocycles. The smallest absolute Gasteiger partial charge is 0.0761 e. The number of hydrogen-bond acceptors (Lipinski definition) is 2. The normalized spacial score (nSPS) is 12.7. The molecule has 0 radical (unpaired) electrons. The predicted octanol–water partition coefficient (Wildman–Crippen LogP) is 5.28. The Morgan fingerprint density at radius 3 is 2.50 bits per heavy atom. The fraction of sp³-hybridized carbons (Fsp3) is 0.286. The quantitative estimate of drug-likeness (QED) is 0.751. The molecule has 0 bridgehead atoms. The third-order valence-corrected chi connectivity index (χ3v) is 5.29. The van der Waals surface area contributed by atoms with Crippen molar-refractivity contribution in [3.63, 3.8) is 0 Å². The first-order valence-corrected chi connectivity index (χ1v) is 8.27. The summed E-state index contributed by atoms with van der Waals surface area (Å²) in [5.41, 5.74) is 3.95. The van der Waals surface area contributed by atoms with Gasteiger partial charge in [0.25, 0.3) is 0 Å². The maximum atomic E-state index is 3.66. The molecule has 2 rings (SSSR count). The van der Waals surface area contributed by atoms with Crippen molar-refractivity contribution in [2.75, 3.05) is 6.54 Å². The summed E-state index contributed by atoms with van der Waals surface area (Å²) in [4.78, 5) is 0. The van der Waals surface area contributed by atoms with Gasteiger partial charge in [-0.05, 0) is 68.1 Å². The van der Waals surface area contributed by atoms with Crippen molar-refractivity contribution in [1.29, 1.82) is 0 Å². The van der Waals surface area contributed by atoms with Crippen molar-refractivity contribution < 1.29 is 0 Å². The van der Waals surface area contributed by atoms with Crippen molar-refractivity contribution >= 4 is 43.2 Å². The number of aryl methyl sites for hydroxylation is 1. The van der Waals surface area contributed by atoms with Crippen molar-refractivity contribution in [2.24, 2.45) is 0 Å². The van der Waals surface area contributed by atoms with Gasteiger partial charge < -0.3 is 5.32 Å². The molecule has 2 aromatic rings. The van der Waals surface area contributed by atoms with Crippen LogP contribution in [-0.2, 0) is 0 Å². The van der Waals surface area contributed by atoms with E-state index in [0.717, 1.165) is 10.3 Å². The maximum Gasteiger partial charge on any atom is 0.0761 e. The number of benzene rings is 1. The monoisotopic (exact) mass is 387 g/mol. The number of halogens is 2. The lowest BCUT2D eigenvalue weighted by Gasteiger charge is -2.20. The van der Waals surface area contributed by atoms with Gasteiger partial charge in [-0.15, -0.1) is 11.3 Å². The lowest BCUT2D eigenvalue weighted by atomic mass is 9.97. The molecular weight excluding hydrogens is 374 g/mol. The van der Waals surface area contributed by atoms with Crippen molar-refractivity contribution in [1.82, 2.24) is 5.32 Å². The molecule has 0 amide bonds. The average molecular weight is 389 g/mol. The summed E-state index contributed by atoms with van der Waals surface area (Å²) in [5, 5.41) is 3.57. The fourth-order valence-electron chi connectivity index (χ4n) is 2.05. The van der Waals surface area contributed by atoms with Gasteiger partial charge in [0.15, 0.2) is 0 Å². The van der Waals surface area contributed by atoms with Crippen LogP contribution in [0.25, 0.3) is 0 Å². The number of hydrogen-bond donors (Lipinski definition) is 1. The van der Waals surface area contributed by atoms with E-state index in [4.69, 9.17) is 0 Å². The van der Waals surface area contributed by atoms with Gasteiger partial charge in [-0.25, -0.2) is 0 Å². The molecule has 1 heterocycles. The molecule has 18 heavy (non-hydrogen) atoms. The number of rotatable bonds is 4. The Bertz CT molecular complexity index is 536. The van der Waals surface area contributed by atoms with Crippen LogP contribution in [0.15, 0.2) is 37.9 Å². The Hall–Kier alpha value is -0.160. The predicted molar refractivity (Wildman–Crippen MR) is 86.4 cm³/mol. The highest BCUT2D eigenvalue weighted by atomic mass is 79.9. The van der Waals surface area contributed by atoms with Crippen LogP contribution in [0.1, 0.15) is 29.7 Å². The Morgan fingerprint density at radius 1 is 1.22 bits per heavy atom. The van der Waals surface area contributed by atoms with E-state index in [0.29, 0.717) is 0 Å². The summed E-state index contributed by atoms with van der Waals surface area (Å²) in [7, 11) is 0. The highest BCUT2D eigenvalue weighted by Crippen LogP contribution is 2.38. The van der Waals surface area contributed by atoms with E-state index >= 15 is 0 Å². The van der Waals surface area contributed by atoms with E-state index in [2.05, 4.69) is 81.4 Å². The van der Waals surface area contributed by atoms with Crippen molar-refractivity contribution in [2.45, 2.75) is 19.9 Å². The zero-order valence-electron chi connectivity index (χ0n) is 10.3. The molecule has 1 aromatic carbocycles. The van der Waals surface area contributed by atoms with Crippen LogP contribution in [0, 0.1) is 6.92 Å². The van der Waals surface area contributed by atoms with Crippen LogP contribution in [-0.4, -0.2) is 6.54 Å². The van der Waals surface area contributed by atoms with Gasteiger partial charge in [0.1, 0.15) is 0 Å². The van der Waals surface area contributed by atoms with Crippen LogP contribution in [0.4, 0.5) is 0 Å². The first kappa shape index (κ1) is 14.3. The molecular formula is C14H15Br2NS. The number of thiophene rings is 1. The minimum atomic E-state index is 0.244. The molecule has 96 valence electrons. The lowest BCUT2D eigenvalue weighted by molar-refractivity contribution is 0.627. The molecule has 1 N–H and O–H groups in total. The molecule has 1 atom stereocenters. The molecule has 1 aromatic heterocycles. The average Bonchev–Trinajstić information content (AvgIpc) is 2.66. The van der Waals surface area contributed by atoms with Gasteiger partial charge in [0.05, 0.1) is 13.6 Å². The van der Waals surface area contributed by atoms with E-state index in [1.165, 1.54) is 20.5 Å². The molecule has 4 heteroatoms. The first-order chi connectivity index (χ1) is 8.63. The zero-order chi connectivity index (χ0) is 13.1. The van der Waals surface area contributed by atoms with Gasteiger partial charge in [0.2, 0.25) is 0 Å². The first-order valence-electron chi connectivity index (χ1n) is 5.87. The van der Waals surface area contributed by atoms with E-state index in [1.807, 2.05) is 0 Å². The molecule has 0 fully saturated rings. The van der Waals surface area contributed by atoms with Crippen molar-refractivity contribution in [3.05, 3.63) is 54.6 Å². The van der Waals surface area contributed by atoms with Gasteiger partial charge in [-0.2, -0.15) is 0 Å². The molecule has 0 saturated heterocycles. The Kier molecular flexibility index (Phi) is 5.01. The second-order valence-electron chi connectivity index (χ2n) is 4.13. The summed E-state index contributed by atoms with van der Waals surface area (Å²) >= 11 is 8.93. The van der Waals surface area contributed by atoms with Crippen LogP contribution in [0.3, 0.4) is 0 Å². The summed E-state index contributed by atoms with van der Waals surface area (Å²) in [6.07, 6.45) is 0. The molecule has 0 aliphatic carbocycles. The topological polar surface area (TPSA) is 12.0 Å². The summed E-state index contributed by atoms with van der Waals surface area (Å²) in [6.45, 7) is 5.24. The second kappa shape index (κ2) is 6.33. The van der Waals surface area contributed by atoms with Gasteiger partial charge in [-0.3, -0.25) is 0 Å². The molecule has 0 aliphatic heterocycles. The second-order valence-corrected chi connectivity index (χ2v) is 7.88. The third-order valence-electron chi connectivity index (χ3n) is 2.90. The van der Waals surface area contributed by atoms with Gasteiger partial charge in [-0.1, -0.05) is 31.2 Å². The molecule has 1 nitrogen and oxygen atoms in total. The molecule has 0 aliphatic rings. The van der Waals surface area contributed by atoms with E-state index in [9.17, 15) is 0 Å². The fourth-order valence-corrected chi connectivity index (χ4v) is 4.95.